The molecule has 0 N–H and O–H groups in total. The Morgan fingerprint density at radius 1 is 1.50 bits per heavy atom. The van der Waals surface area contributed by atoms with Gasteiger partial charge in [-0.2, -0.15) is 5.26 Å². The number of aromatic nitrogens is 3. The summed E-state index contributed by atoms with van der Waals surface area (Å²) < 4.78 is 6.68. The van der Waals surface area contributed by atoms with Crippen LogP contribution >= 0.6 is 0 Å². The van der Waals surface area contributed by atoms with Gasteiger partial charge in [0.05, 0.1) is 17.7 Å². The smallest absolute Gasteiger partial charge is 0.271 e. The van der Waals surface area contributed by atoms with Crippen LogP contribution in [0.4, 0.5) is 5.69 Å². The van der Waals surface area contributed by atoms with Crippen molar-refractivity contribution >= 4 is 5.69 Å². The first-order valence-electron chi connectivity index (χ1n) is 6.65. The van der Waals surface area contributed by atoms with E-state index in [1.807, 2.05) is 19.9 Å². The molecule has 0 fully saturated rings. The second kappa shape index (κ2) is 6.22. The van der Waals surface area contributed by atoms with Crippen molar-refractivity contribution in [2.45, 2.75) is 20.3 Å². The maximum absolute atomic E-state index is 11.0. The van der Waals surface area contributed by atoms with Gasteiger partial charge in [-0.15, -0.1) is 5.10 Å². The highest BCUT2D eigenvalue weighted by Crippen LogP contribution is 2.29. The molecule has 2 aromatic rings. The van der Waals surface area contributed by atoms with Gasteiger partial charge >= 0.3 is 0 Å². The van der Waals surface area contributed by atoms with Crippen molar-refractivity contribution in [3.63, 3.8) is 0 Å². The van der Waals surface area contributed by atoms with Crippen LogP contribution in [0.5, 0.6) is 5.75 Å². The monoisotopic (exact) mass is 301 g/mol. The van der Waals surface area contributed by atoms with Crippen LogP contribution in [0.1, 0.15) is 25.2 Å². The predicted octanol–water partition coefficient (Wildman–Crippen LogP) is 2.25. The number of non-ortho nitro benzene ring substituents is 1. The van der Waals surface area contributed by atoms with Crippen LogP contribution in [0.3, 0.4) is 0 Å². The van der Waals surface area contributed by atoms with Gasteiger partial charge < -0.3 is 4.74 Å². The van der Waals surface area contributed by atoms with Crippen LogP contribution in [-0.4, -0.2) is 27.0 Å². The molecular weight excluding hydrogens is 286 g/mol. The maximum Gasteiger partial charge on any atom is 0.271 e. The summed E-state index contributed by atoms with van der Waals surface area (Å²) in [5.74, 6) is 0.694. The lowest BCUT2D eigenvalue weighted by Crippen LogP contribution is -2.08. The topological polar surface area (TPSA) is 107 Å². The van der Waals surface area contributed by atoms with Gasteiger partial charge in [-0.25, -0.2) is 4.68 Å². The number of nitro groups is 1. The highest BCUT2D eigenvalue weighted by Gasteiger charge is 2.20. The molecule has 22 heavy (non-hydrogen) atoms. The van der Waals surface area contributed by atoms with E-state index in [0.29, 0.717) is 23.6 Å². The lowest BCUT2D eigenvalue weighted by molar-refractivity contribution is -0.384. The number of nitro benzene ring substituents is 1. The van der Waals surface area contributed by atoms with Crippen molar-refractivity contribution in [3.8, 4) is 17.5 Å². The van der Waals surface area contributed by atoms with Crippen LogP contribution in [0.25, 0.3) is 5.69 Å². The van der Waals surface area contributed by atoms with Gasteiger partial charge in [-0.05, 0) is 18.4 Å². The molecular formula is C14H15N5O3. The maximum atomic E-state index is 11.0. The van der Waals surface area contributed by atoms with Crippen LogP contribution < -0.4 is 4.74 Å². The zero-order chi connectivity index (χ0) is 16.3. The summed E-state index contributed by atoms with van der Waals surface area (Å²) in [6, 6.07) is 6.21. The number of nitrogens with zero attached hydrogens (tertiary/aromatic N) is 5. The Balaban J connectivity index is 2.65. The fourth-order valence-electron chi connectivity index (χ4n) is 2.11. The SMILES string of the molecule is COc1ccc([N+](=O)[O-])cc1-n1nnc(C#N)c1CC(C)C. The largest absolute Gasteiger partial charge is 0.494 e. The number of methoxy groups -OCH3 is 1. The van der Waals surface area contributed by atoms with Gasteiger partial charge in [0.25, 0.3) is 5.69 Å². The Bertz CT molecular complexity index is 745. The van der Waals surface area contributed by atoms with E-state index in [2.05, 4.69) is 10.3 Å². The van der Waals surface area contributed by atoms with Crippen molar-refractivity contribution in [2.24, 2.45) is 5.92 Å². The fraction of sp³-hybridized carbons (Fsp3) is 0.357. The molecule has 0 aliphatic carbocycles. The molecule has 0 saturated carbocycles. The van der Waals surface area contributed by atoms with Crippen molar-refractivity contribution in [1.82, 2.24) is 15.0 Å². The molecule has 0 saturated heterocycles. The van der Waals surface area contributed by atoms with E-state index < -0.39 is 4.92 Å². The van der Waals surface area contributed by atoms with E-state index >= 15 is 0 Å². The summed E-state index contributed by atoms with van der Waals surface area (Å²) in [7, 11) is 1.47. The summed E-state index contributed by atoms with van der Waals surface area (Å²) in [5.41, 5.74) is 1.13. The number of hydrogen-bond acceptors (Lipinski definition) is 6. The molecule has 0 aliphatic heterocycles. The molecule has 0 spiro atoms. The minimum absolute atomic E-state index is 0.0831. The average molecular weight is 301 g/mol. The molecule has 0 unspecified atom stereocenters. The number of nitriles is 1. The second-order valence-electron chi connectivity index (χ2n) is 5.12. The zero-order valence-electron chi connectivity index (χ0n) is 12.5. The van der Waals surface area contributed by atoms with E-state index in [0.717, 1.165) is 0 Å². The fourth-order valence-corrected chi connectivity index (χ4v) is 2.11. The molecule has 0 atom stereocenters. The number of rotatable bonds is 5. The molecule has 0 amide bonds. The number of ether oxygens (including phenoxy) is 1. The number of hydrogen-bond donors (Lipinski definition) is 0. The Morgan fingerprint density at radius 3 is 2.77 bits per heavy atom. The highest BCUT2D eigenvalue weighted by atomic mass is 16.6. The van der Waals surface area contributed by atoms with Gasteiger partial charge in [0.1, 0.15) is 17.5 Å². The minimum Gasteiger partial charge on any atom is -0.494 e. The predicted molar refractivity (Wildman–Crippen MR) is 77.8 cm³/mol. The Labute approximate surface area is 127 Å². The third-order valence-electron chi connectivity index (χ3n) is 3.07. The van der Waals surface area contributed by atoms with Crippen LogP contribution in [0.15, 0.2) is 18.2 Å². The van der Waals surface area contributed by atoms with Crippen molar-refractivity contribution in [3.05, 3.63) is 39.7 Å². The first kappa shape index (κ1) is 15.4. The Hall–Kier alpha value is -2.95. The van der Waals surface area contributed by atoms with E-state index in [1.54, 1.807) is 0 Å². The van der Waals surface area contributed by atoms with Crippen molar-refractivity contribution < 1.29 is 9.66 Å². The first-order valence-corrected chi connectivity index (χ1v) is 6.65. The molecule has 1 heterocycles. The summed E-state index contributed by atoms with van der Waals surface area (Å²) >= 11 is 0. The lowest BCUT2D eigenvalue weighted by Gasteiger charge is -2.12. The standard InChI is InChI=1S/C14H15N5O3/c1-9(2)6-12-11(8-15)16-17-18(12)13-7-10(19(20)21)4-5-14(13)22-3/h4-5,7,9H,6H2,1-3H3. The zero-order valence-corrected chi connectivity index (χ0v) is 12.5. The van der Waals surface area contributed by atoms with Crippen molar-refractivity contribution in [1.29, 1.82) is 5.26 Å². The van der Waals surface area contributed by atoms with Gasteiger partial charge in [0, 0.05) is 12.1 Å². The average Bonchev–Trinajstić information content (AvgIpc) is 2.88. The molecule has 1 aromatic heterocycles. The Morgan fingerprint density at radius 2 is 2.23 bits per heavy atom. The molecule has 8 heteroatoms. The van der Waals surface area contributed by atoms with E-state index in [4.69, 9.17) is 10.00 Å². The van der Waals surface area contributed by atoms with E-state index in [-0.39, 0.29) is 17.3 Å². The molecule has 8 nitrogen and oxygen atoms in total. The summed E-state index contributed by atoms with van der Waals surface area (Å²) in [6.45, 7) is 4.01. The van der Waals surface area contributed by atoms with Crippen LogP contribution in [0, 0.1) is 27.4 Å². The highest BCUT2D eigenvalue weighted by molar-refractivity contribution is 5.54. The van der Waals surface area contributed by atoms with Crippen LogP contribution in [0.2, 0.25) is 0 Å². The third-order valence-corrected chi connectivity index (χ3v) is 3.07. The molecule has 0 aliphatic rings. The Kier molecular flexibility index (Phi) is 4.36. The van der Waals surface area contributed by atoms with Crippen LogP contribution in [-0.2, 0) is 6.42 Å². The lowest BCUT2D eigenvalue weighted by atomic mass is 10.1. The van der Waals surface area contributed by atoms with Gasteiger partial charge in [0.15, 0.2) is 5.69 Å². The molecule has 114 valence electrons. The van der Waals surface area contributed by atoms with E-state index in [1.165, 1.54) is 30.0 Å². The second-order valence-corrected chi connectivity index (χ2v) is 5.12. The molecule has 1 aromatic carbocycles. The van der Waals surface area contributed by atoms with Gasteiger partial charge in [-0.1, -0.05) is 19.1 Å². The minimum atomic E-state index is -0.493. The summed E-state index contributed by atoms with van der Waals surface area (Å²) in [5, 5.41) is 27.9. The van der Waals surface area contributed by atoms with E-state index in [9.17, 15) is 10.1 Å². The first-order chi connectivity index (χ1) is 10.5. The van der Waals surface area contributed by atoms with Gasteiger partial charge in [0.2, 0.25) is 0 Å². The molecule has 0 bridgehead atoms. The van der Waals surface area contributed by atoms with Crippen molar-refractivity contribution in [2.75, 3.05) is 7.11 Å². The summed E-state index contributed by atoms with van der Waals surface area (Å²) in [4.78, 5) is 10.5. The summed E-state index contributed by atoms with van der Waals surface area (Å²) in [6.07, 6.45) is 0.571. The molecule has 2 rings (SSSR count). The third kappa shape index (κ3) is 2.88. The molecule has 0 radical (unpaired) electrons. The normalized spacial score (nSPS) is 10.5. The number of benzene rings is 1. The quantitative estimate of drug-likeness (QED) is 0.619. The van der Waals surface area contributed by atoms with Gasteiger partial charge in [-0.3, -0.25) is 10.1 Å².